The van der Waals surface area contributed by atoms with E-state index in [9.17, 15) is 0 Å². The fourth-order valence-electron chi connectivity index (χ4n) is 4.43. The lowest BCUT2D eigenvalue weighted by atomic mass is 10.1. The quantitative estimate of drug-likeness (QED) is 0.291. The van der Waals surface area contributed by atoms with Gasteiger partial charge >= 0.3 is 0 Å². The normalized spacial score (nSPS) is 20.5. The van der Waals surface area contributed by atoms with Gasteiger partial charge < -0.3 is 19.7 Å². The number of hydrogen-bond donors (Lipinski definition) is 1. The van der Waals surface area contributed by atoms with Crippen molar-refractivity contribution in [2.24, 2.45) is 4.99 Å². The number of nitrogens with one attached hydrogen (secondary N) is 1. The van der Waals surface area contributed by atoms with Crippen LogP contribution in [0.2, 0.25) is 0 Å². The summed E-state index contributed by atoms with van der Waals surface area (Å²) < 4.78 is 11.5. The van der Waals surface area contributed by atoms with Crippen molar-refractivity contribution in [3.05, 3.63) is 35.4 Å². The first kappa shape index (κ1) is 26.4. The van der Waals surface area contributed by atoms with Crippen LogP contribution in [0, 0.1) is 0 Å². The topological polar surface area (TPSA) is 49.3 Å². The highest BCUT2D eigenvalue weighted by Gasteiger charge is 2.25. The van der Waals surface area contributed by atoms with Gasteiger partial charge in [0.1, 0.15) is 0 Å². The Morgan fingerprint density at radius 2 is 2.00 bits per heavy atom. The van der Waals surface area contributed by atoms with Crippen LogP contribution in [0.5, 0.6) is 0 Å². The van der Waals surface area contributed by atoms with E-state index in [4.69, 9.17) is 14.5 Å². The Bertz CT molecular complexity index is 667. The van der Waals surface area contributed by atoms with Crippen LogP contribution < -0.4 is 5.32 Å². The Labute approximate surface area is 205 Å². The maximum atomic E-state index is 6.08. The summed E-state index contributed by atoms with van der Waals surface area (Å²) in [6.07, 6.45) is 4.92. The maximum absolute atomic E-state index is 6.08. The van der Waals surface area contributed by atoms with Crippen LogP contribution in [0.1, 0.15) is 50.7 Å². The number of likely N-dealkylation sites (tertiary alicyclic amines) is 1. The monoisotopic (exact) mass is 544 g/mol. The summed E-state index contributed by atoms with van der Waals surface area (Å²) in [5, 5.41) is 3.46. The van der Waals surface area contributed by atoms with Crippen molar-refractivity contribution in [2.75, 3.05) is 46.4 Å². The molecule has 1 aromatic carbocycles. The van der Waals surface area contributed by atoms with Crippen molar-refractivity contribution in [3.63, 3.8) is 0 Å². The summed E-state index contributed by atoms with van der Waals surface area (Å²) in [4.78, 5) is 9.80. The van der Waals surface area contributed by atoms with Crippen LogP contribution in [0.25, 0.3) is 0 Å². The number of hydrogen-bond acceptors (Lipinski definition) is 4. The number of ether oxygens (including phenoxy) is 2. The first-order valence-corrected chi connectivity index (χ1v) is 11.7. The predicted molar refractivity (Wildman–Crippen MR) is 138 cm³/mol. The molecule has 2 aliphatic rings. The highest BCUT2D eigenvalue weighted by Crippen LogP contribution is 2.18. The van der Waals surface area contributed by atoms with E-state index in [0.29, 0.717) is 25.3 Å². The second-order valence-corrected chi connectivity index (χ2v) is 8.42. The number of nitrogens with zero attached hydrogens (tertiary/aromatic N) is 3. The van der Waals surface area contributed by atoms with E-state index in [2.05, 4.69) is 60.3 Å². The SMILES string of the molecule is CCNC(=NCc1cccc(COC2CCOCC2)c1)N(C)CC1CCCN1CC.I. The van der Waals surface area contributed by atoms with E-state index in [1.807, 2.05) is 0 Å². The van der Waals surface area contributed by atoms with Gasteiger partial charge in [-0.05, 0) is 56.8 Å². The molecule has 0 aromatic heterocycles. The zero-order valence-corrected chi connectivity index (χ0v) is 21.8. The first-order chi connectivity index (χ1) is 14.7. The van der Waals surface area contributed by atoms with Crippen LogP contribution in [0.4, 0.5) is 0 Å². The number of benzene rings is 1. The van der Waals surface area contributed by atoms with Gasteiger partial charge in [-0.15, -0.1) is 24.0 Å². The van der Waals surface area contributed by atoms with Crippen molar-refractivity contribution in [2.45, 2.75) is 64.8 Å². The van der Waals surface area contributed by atoms with Crippen molar-refractivity contribution >= 4 is 29.9 Å². The summed E-state index contributed by atoms with van der Waals surface area (Å²) in [5.41, 5.74) is 2.44. The summed E-state index contributed by atoms with van der Waals surface area (Å²) in [7, 11) is 2.16. The van der Waals surface area contributed by atoms with Crippen molar-refractivity contribution in [3.8, 4) is 0 Å². The maximum Gasteiger partial charge on any atom is 0.194 e. The van der Waals surface area contributed by atoms with E-state index in [1.165, 1.54) is 30.5 Å². The molecule has 176 valence electrons. The molecule has 7 heteroatoms. The number of rotatable bonds is 9. The lowest BCUT2D eigenvalue weighted by Crippen LogP contribution is -2.45. The molecule has 2 saturated heterocycles. The third-order valence-corrected chi connectivity index (χ3v) is 6.14. The summed E-state index contributed by atoms with van der Waals surface area (Å²) in [5.74, 6) is 0.990. The molecule has 2 heterocycles. The predicted octanol–water partition coefficient (Wildman–Crippen LogP) is 3.88. The second kappa shape index (κ2) is 14.3. The Morgan fingerprint density at radius 3 is 2.74 bits per heavy atom. The van der Waals surface area contributed by atoms with Crippen LogP contribution in [-0.4, -0.2) is 74.3 Å². The van der Waals surface area contributed by atoms with Gasteiger partial charge in [0.05, 0.1) is 19.3 Å². The van der Waals surface area contributed by atoms with Crippen LogP contribution >= 0.6 is 24.0 Å². The van der Waals surface area contributed by atoms with Gasteiger partial charge in [-0.2, -0.15) is 0 Å². The van der Waals surface area contributed by atoms with E-state index in [0.717, 1.165) is 51.6 Å². The minimum absolute atomic E-state index is 0. The zero-order valence-electron chi connectivity index (χ0n) is 19.5. The fourth-order valence-corrected chi connectivity index (χ4v) is 4.43. The molecule has 0 radical (unpaired) electrons. The van der Waals surface area contributed by atoms with Gasteiger partial charge in [0.2, 0.25) is 0 Å². The Kier molecular flexibility index (Phi) is 12.1. The largest absolute Gasteiger partial charge is 0.381 e. The molecule has 0 aliphatic carbocycles. The third-order valence-electron chi connectivity index (χ3n) is 6.14. The molecule has 1 aromatic rings. The lowest BCUT2D eigenvalue weighted by molar-refractivity contribution is -0.0390. The van der Waals surface area contributed by atoms with Crippen molar-refractivity contribution in [1.29, 1.82) is 0 Å². The number of guanidine groups is 1. The first-order valence-electron chi connectivity index (χ1n) is 11.7. The molecule has 0 bridgehead atoms. The van der Waals surface area contributed by atoms with Crippen LogP contribution in [0.3, 0.4) is 0 Å². The molecule has 2 fully saturated rings. The molecular formula is C24H41IN4O2. The van der Waals surface area contributed by atoms with E-state index in [1.54, 1.807) is 0 Å². The number of halogens is 1. The molecule has 2 aliphatic heterocycles. The van der Waals surface area contributed by atoms with E-state index < -0.39 is 0 Å². The molecule has 6 nitrogen and oxygen atoms in total. The van der Waals surface area contributed by atoms with Gasteiger partial charge in [0.15, 0.2) is 5.96 Å². The molecule has 1 N–H and O–H groups in total. The minimum atomic E-state index is 0. The van der Waals surface area contributed by atoms with Crippen LogP contribution in [-0.2, 0) is 22.6 Å². The molecule has 0 amide bonds. The Morgan fingerprint density at radius 1 is 1.23 bits per heavy atom. The molecule has 3 rings (SSSR count). The van der Waals surface area contributed by atoms with Gasteiger partial charge in [-0.1, -0.05) is 31.2 Å². The van der Waals surface area contributed by atoms with E-state index >= 15 is 0 Å². The average molecular weight is 545 g/mol. The summed E-state index contributed by atoms with van der Waals surface area (Å²) in [6.45, 7) is 11.6. The standard InChI is InChI=1S/C24H40N4O2.HI/c1-4-25-24(27(3)18-22-10-7-13-28(22)5-2)26-17-20-8-6-9-21(16-20)19-30-23-11-14-29-15-12-23;/h6,8-9,16,22-23H,4-5,7,10-15,17-19H2,1-3H3,(H,25,26);1H. The van der Waals surface area contributed by atoms with Gasteiger partial charge in [0.25, 0.3) is 0 Å². The Hall–Kier alpha value is -0.900. The molecule has 1 unspecified atom stereocenters. The summed E-state index contributed by atoms with van der Waals surface area (Å²) >= 11 is 0. The second-order valence-electron chi connectivity index (χ2n) is 8.42. The number of likely N-dealkylation sites (N-methyl/N-ethyl adjacent to an activating group) is 2. The molecule has 0 spiro atoms. The molecule has 1 atom stereocenters. The molecular weight excluding hydrogens is 503 g/mol. The summed E-state index contributed by atoms with van der Waals surface area (Å²) in [6, 6.07) is 9.27. The zero-order chi connectivity index (χ0) is 21.2. The van der Waals surface area contributed by atoms with Gasteiger partial charge in [-0.25, -0.2) is 4.99 Å². The minimum Gasteiger partial charge on any atom is -0.381 e. The third kappa shape index (κ3) is 8.51. The highest BCUT2D eigenvalue weighted by molar-refractivity contribution is 14.0. The molecule has 0 saturated carbocycles. The average Bonchev–Trinajstić information content (AvgIpc) is 3.23. The van der Waals surface area contributed by atoms with Crippen molar-refractivity contribution < 1.29 is 9.47 Å². The fraction of sp³-hybridized carbons (Fsp3) is 0.708. The van der Waals surface area contributed by atoms with Crippen molar-refractivity contribution in [1.82, 2.24) is 15.1 Å². The molecule has 31 heavy (non-hydrogen) atoms. The van der Waals surface area contributed by atoms with Gasteiger partial charge in [-0.3, -0.25) is 4.90 Å². The Balaban J connectivity index is 0.00000341. The van der Waals surface area contributed by atoms with E-state index in [-0.39, 0.29) is 24.0 Å². The van der Waals surface area contributed by atoms with Gasteiger partial charge in [0, 0.05) is 39.4 Å². The van der Waals surface area contributed by atoms with Crippen LogP contribution in [0.15, 0.2) is 29.3 Å². The smallest absolute Gasteiger partial charge is 0.194 e. The number of aliphatic imine (C=N–C) groups is 1. The lowest BCUT2D eigenvalue weighted by Gasteiger charge is -2.29. The highest BCUT2D eigenvalue weighted by atomic mass is 127.